The summed E-state index contributed by atoms with van der Waals surface area (Å²) in [5.41, 5.74) is 6.43. The van der Waals surface area contributed by atoms with Crippen LogP contribution in [0.25, 0.3) is 0 Å². The summed E-state index contributed by atoms with van der Waals surface area (Å²) in [6, 6.07) is 5.24. The van der Waals surface area contributed by atoms with Gasteiger partial charge in [-0.2, -0.15) is 0 Å². The maximum Gasteiger partial charge on any atom is 0.144 e. The molecule has 0 radical (unpaired) electrons. The fourth-order valence-electron chi connectivity index (χ4n) is 1.97. The Morgan fingerprint density at radius 2 is 1.94 bits per heavy atom. The Balaban J connectivity index is 2.11. The number of allylic oxidation sites excluding steroid dienone is 1. The molecule has 0 amide bonds. The molecule has 1 aromatic carbocycles. The van der Waals surface area contributed by atoms with Crippen LogP contribution in [0.15, 0.2) is 30.4 Å². The number of carbonyl (C=O) groups excluding carboxylic acids is 1. The number of carbonyl (C=O) groups is 1. The van der Waals surface area contributed by atoms with E-state index in [0.29, 0.717) is 22.0 Å². The van der Waals surface area contributed by atoms with Gasteiger partial charge in [0, 0.05) is 28.4 Å². The SMILES string of the molecule is NC1C=CC(C(=O)Cc2c(Cl)cccc2Cl)C1. The van der Waals surface area contributed by atoms with Crippen molar-refractivity contribution in [2.75, 3.05) is 0 Å². The number of halogens is 2. The van der Waals surface area contributed by atoms with Gasteiger partial charge in [-0.3, -0.25) is 4.79 Å². The summed E-state index contributed by atoms with van der Waals surface area (Å²) >= 11 is 12.1. The van der Waals surface area contributed by atoms with Crippen molar-refractivity contribution in [3.8, 4) is 0 Å². The van der Waals surface area contributed by atoms with Crippen LogP contribution in [0.1, 0.15) is 12.0 Å². The second-order valence-electron chi connectivity index (χ2n) is 4.23. The van der Waals surface area contributed by atoms with Crippen molar-refractivity contribution in [3.63, 3.8) is 0 Å². The zero-order chi connectivity index (χ0) is 12.4. The van der Waals surface area contributed by atoms with Crippen molar-refractivity contribution in [1.82, 2.24) is 0 Å². The number of Topliss-reactive ketones (excluding diaryl/α,β-unsaturated/α-hetero) is 1. The summed E-state index contributed by atoms with van der Waals surface area (Å²) in [5.74, 6) is 0.0153. The first-order valence-electron chi connectivity index (χ1n) is 5.47. The Morgan fingerprint density at radius 3 is 2.47 bits per heavy atom. The monoisotopic (exact) mass is 269 g/mol. The number of nitrogens with two attached hydrogens (primary N) is 1. The largest absolute Gasteiger partial charge is 0.324 e. The first-order valence-corrected chi connectivity index (χ1v) is 6.23. The van der Waals surface area contributed by atoms with Crippen LogP contribution in [-0.2, 0) is 11.2 Å². The van der Waals surface area contributed by atoms with Gasteiger partial charge >= 0.3 is 0 Å². The van der Waals surface area contributed by atoms with E-state index in [-0.39, 0.29) is 24.2 Å². The Labute approximate surface area is 110 Å². The summed E-state index contributed by atoms with van der Waals surface area (Å²) in [4.78, 5) is 12.0. The molecule has 0 heterocycles. The Kier molecular flexibility index (Phi) is 3.87. The van der Waals surface area contributed by atoms with Crippen molar-refractivity contribution in [3.05, 3.63) is 46.0 Å². The van der Waals surface area contributed by atoms with E-state index in [1.807, 2.05) is 12.2 Å². The molecule has 2 N–H and O–H groups in total. The summed E-state index contributed by atoms with van der Waals surface area (Å²) in [6.07, 6.45) is 4.69. The van der Waals surface area contributed by atoms with Gasteiger partial charge in [-0.05, 0) is 24.1 Å². The van der Waals surface area contributed by atoms with E-state index < -0.39 is 0 Å². The van der Waals surface area contributed by atoms with Gasteiger partial charge in [-0.25, -0.2) is 0 Å². The summed E-state index contributed by atoms with van der Waals surface area (Å²) in [7, 11) is 0. The summed E-state index contributed by atoms with van der Waals surface area (Å²) < 4.78 is 0. The van der Waals surface area contributed by atoms with E-state index in [0.717, 1.165) is 0 Å². The van der Waals surface area contributed by atoms with Crippen LogP contribution in [0.5, 0.6) is 0 Å². The lowest BCUT2D eigenvalue weighted by molar-refractivity contribution is -0.120. The average molecular weight is 270 g/mol. The summed E-state index contributed by atoms with van der Waals surface area (Å²) in [6.45, 7) is 0. The molecular weight excluding hydrogens is 257 g/mol. The lowest BCUT2D eigenvalue weighted by Crippen LogP contribution is -2.20. The molecule has 4 heteroatoms. The van der Waals surface area contributed by atoms with Gasteiger partial charge in [-0.15, -0.1) is 0 Å². The second kappa shape index (κ2) is 5.21. The van der Waals surface area contributed by atoms with Crippen LogP contribution in [0.2, 0.25) is 10.0 Å². The van der Waals surface area contributed by atoms with Gasteiger partial charge in [-0.1, -0.05) is 41.4 Å². The topological polar surface area (TPSA) is 43.1 Å². The van der Waals surface area contributed by atoms with Crippen LogP contribution in [0.3, 0.4) is 0 Å². The molecule has 2 rings (SSSR count). The zero-order valence-electron chi connectivity index (χ0n) is 9.20. The number of ketones is 1. The molecule has 2 nitrogen and oxygen atoms in total. The molecule has 0 saturated heterocycles. The lowest BCUT2D eigenvalue weighted by Gasteiger charge is -2.10. The molecule has 0 aromatic heterocycles. The van der Waals surface area contributed by atoms with Crippen LogP contribution in [0.4, 0.5) is 0 Å². The van der Waals surface area contributed by atoms with E-state index in [2.05, 4.69) is 0 Å². The predicted molar refractivity (Wildman–Crippen MR) is 70.4 cm³/mol. The maximum atomic E-state index is 12.0. The van der Waals surface area contributed by atoms with Gasteiger partial charge in [0.2, 0.25) is 0 Å². The first kappa shape index (κ1) is 12.6. The fraction of sp³-hybridized carbons (Fsp3) is 0.308. The van der Waals surface area contributed by atoms with Gasteiger partial charge in [0.05, 0.1) is 0 Å². The Morgan fingerprint density at radius 1 is 1.29 bits per heavy atom. The van der Waals surface area contributed by atoms with Gasteiger partial charge in [0.25, 0.3) is 0 Å². The molecule has 2 unspecified atom stereocenters. The van der Waals surface area contributed by atoms with Crippen molar-refractivity contribution in [2.45, 2.75) is 18.9 Å². The van der Waals surface area contributed by atoms with Crippen molar-refractivity contribution >= 4 is 29.0 Å². The molecule has 0 aliphatic heterocycles. The zero-order valence-corrected chi connectivity index (χ0v) is 10.7. The molecule has 0 fully saturated rings. The minimum atomic E-state index is -0.0997. The number of benzene rings is 1. The normalized spacial score (nSPS) is 23.0. The Bertz CT molecular complexity index is 450. The first-order chi connectivity index (χ1) is 8.08. The highest BCUT2D eigenvalue weighted by Crippen LogP contribution is 2.27. The fourth-order valence-corrected chi connectivity index (χ4v) is 2.50. The average Bonchev–Trinajstić information content (AvgIpc) is 2.70. The molecular formula is C13H13Cl2NO. The van der Waals surface area contributed by atoms with Crippen molar-refractivity contribution < 1.29 is 4.79 Å². The minimum Gasteiger partial charge on any atom is -0.324 e. The number of hydrogen-bond donors (Lipinski definition) is 1. The van der Waals surface area contributed by atoms with Gasteiger partial charge < -0.3 is 5.73 Å². The molecule has 90 valence electrons. The second-order valence-corrected chi connectivity index (χ2v) is 5.05. The predicted octanol–water partition coefficient (Wildman–Crippen LogP) is 3.01. The van der Waals surface area contributed by atoms with Crippen LogP contribution in [-0.4, -0.2) is 11.8 Å². The minimum absolute atomic E-state index is 0.00864. The number of rotatable bonds is 3. The van der Waals surface area contributed by atoms with Crippen LogP contribution >= 0.6 is 23.2 Å². The smallest absolute Gasteiger partial charge is 0.144 e. The summed E-state index contributed by atoms with van der Waals surface area (Å²) in [5, 5.41) is 1.08. The molecule has 17 heavy (non-hydrogen) atoms. The maximum absolute atomic E-state index is 12.0. The molecule has 0 saturated carbocycles. The van der Waals surface area contributed by atoms with Gasteiger partial charge in [0.15, 0.2) is 0 Å². The highest BCUT2D eigenvalue weighted by Gasteiger charge is 2.23. The third kappa shape index (κ3) is 2.89. The molecule has 0 spiro atoms. The van der Waals surface area contributed by atoms with Crippen LogP contribution in [0, 0.1) is 5.92 Å². The van der Waals surface area contributed by atoms with Gasteiger partial charge in [0.1, 0.15) is 5.78 Å². The highest BCUT2D eigenvalue weighted by atomic mass is 35.5. The van der Waals surface area contributed by atoms with E-state index in [4.69, 9.17) is 28.9 Å². The molecule has 1 aliphatic rings. The third-order valence-corrected chi connectivity index (χ3v) is 3.65. The van der Waals surface area contributed by atoms with Crippen molar-refractivity contribution in [1.29, 1.82) is 0 Å². The third-order valence-electron chi connectivity index (χ3n) is 2.94. The lowest BCUT2D eigenvalue weighted by atomic mass is 9.97. The quantitative estimate of drug-likeness (QED) is 0.858. The van der Waals surface area contributed by atoms with Crippen LogP contribution < -0.4 is 5.73 Å². The molecule has 2 atom stereocenters. The Hall–Kier alpha value is -0.830. The van der Waals surface area contributed by atoms with E-state index in [1.54, 1.807) is 18.2 Å². The molecule has 1 aliphatic carbocycles. The van der Waals surface area contributed by atoms with E-state index in [1.165, 1.54) is 0 Å². The van der Waals surface area contributed by atoms with Crippen molar-refractivity contribution in [2.24, 2.45) is 11.7 Å². The molecule has 0 bridgehead atoms. The number of hydrogen-bond acceptors (Lipinski definition) is 2. The van der Waals surface area contributed by atoms with E-state index >= 15 is 0 Å². The molecule has 1 aromatic rings. The highest BCUT2D eigenvalue weighted by molar-refractivity contribution is 6.36. The van der Waals surface area contributed by atoms with E-state index in [9.17, 15) is 4.79 Å². The standard InChI is InChI=1S/C13H13Cl2NO/c14-11-2-1-3-12(15)10(11)7-13(17)8-4-5-9(16)6-8/h1-5,8-9H,6-7,16H2.